The predicted octanol–water partition coefficient (Wildman–Crippen LogP) is 0.157. The van der Waals surface area contributed by atoms with Gasteiger partial charge in [-0.1, -0.05) is 0 Å². The van der Waals surface area contributed by atoms with E-state index >= 15 is 0 Å². The van der Waals surface area contributed by atoms with Crippen LogP contribution in [0.5, 0.6) is 0 Å². The molecule has 3 rings (SSSR count). The van der Waals surface area contributed by atoms with E-state index in [-0.39, 0.29) is 5.03 Å². The third kappa shape index (κ3) is 2.48. The zero-order chi connectivity index (χ0) is 14.2. The van der Waals surface area contributed by atoms with Crippen LogP contribution in [-0.2, 0) is 30.0 Å². The van der Waals surface area contributed by atoms with Gasteiger partial charge in [0.05, 0.1) is 6.20 Å². The smallest absolute Gasteiger partial charge is 0.257 e. The monoisotopic (exact) mass is 295 g/mol. The third-order valence-corrected chi connectivity index (χ3v) is 5.14. The van der Waals surface area contributed by atoms with Gasteiger partial charge in [0.1, 0.15) is 5.82 Å². The normalized spacial score (nSPS) is 18.9. The molecule has 1 N–H and O–H groups in total. The number of sulfonamides is 1. The Balaban J connectivity index is 1.65. The zero-order valence-corrected chi connectivity index (χ0v) is 12.0. The molecule has 1 aliphatic rings. The number of nitrogens with one attached hydrogen (secondary N) is 1. The molecular formula is C12H17N5O2S. The second-order valence-electron chi connectivity index (χ2n) is 5.05. The van der Waals surface area contributed by atoms with E-state index in [1.54, 1.807) is 13.2 Å². The molecule has 3 heterocycles. The highest BCUT2D eigenvalue weighted by Crippen LogP contribution is 2.18. The van der Waals surface area contributed by atoms with Gasteiger partial charge in [-0.25, -0.2) is 18.1 Å². The molecule has 0 saturated heterocycles. The van der Waals surface area contributed by atoms with Crippen LogP contribution in [0.2, 0.25) is 0 Å². The van der Waals surface area contributed by atoms with Crippen molar-refractivity contribution in [1.82, 2.24) is 24.1 Å². The van der Waals surface area contributed by atoms with Gasteiger partial charge < -0.3 is 4.57 Å². The maximum Gasteiger partial charge on any atom is 0.257 e. The average Bonchev–Trinajstić information content (AvgIpc) is 3.04. The van der Waals surface area contributed by atoms with E-state index in [4.69, 9.17) is 0 Å². The molecule has 0 unspecified atom stereocenters. The van der Waals surface area contributed by atoms with E-state index in [0.29, 0.717) is 12.5 Å². The summed E-state index contributed by atoms with van der Waals surface area (Å²) in [4.78, 5) is 4.27. The molecule has 0 fully saturated rings. The van der Waals surface area contributed by atoms with Crippen LogP contribution in [0.1, 0.15) is 12.2 Å². The Bertz CT molecular complexity index is 703. The summed E-state index contributed by atoms with van der Waals surface area (Å²) in [5, 5.41) is 4.08. The van der Waals surface area contributed by atoms with Crippen molar-refractivity contribution < 1.29 is 8.42 Å². The Morgan fingerprint density at radius 1 is 1.45 bits per heavy atom. The Hall–Kier alpha value is -1.67. The third-order valence-electron chi connectivity index (χ3n) is 3.65. The number of imidazole rings is 1. The molecule has 0 aromatic carbocycles. The molecule has 2 aromatic rings. The molecule has 0 amide bonds. The SMILES string of the molecule is Cn1nccc1S(=O)(=O)NC[C@H]1CCc2nccn2C1. The Labute approximate surface area is 117 Å². The summed E-state index contributed by atoms with van der Waals surface area (Å²) in [6.45, 7) is 1.24. The maximum absolute atomic E-state index is 12.2. The molecule has 108 valence electrons. The van der Waals surface area contributed by atoms with E-state index in [0.717, 1.165) is 25.2 Å². The van der Waals surface area contributed by atoms with Crippen LogP contribution in [0, 0.1) is 5.92 Å². The lowest BCUT2D eigenvalue weighted by Gasteiger charge is -2.23. The zero-order valence-electron chi connectivity index (χ0n) is 11.2. The van der Waals surface area contributed by atoms with Gasteiger partial charge in [0, 0.05) is 39.0 Å². The van der Waals surface area contributed by atoms with Crippen molar-refractivity contribution in [2.75, 3.05) is 6.54 Å². The van der Waals surface area contributed by atoms with E-state index in [1.807, 2.05) is 6.20 Å². The molecule has 8 heteroatoms. The van der Waals surface area contributed by atoms with Crippen molar-refractivity contribution in [3.8, 4) is 0 Å². The van der Waals surface area contributed by atoms with Gasteiger partial charge in [-0.3, -0.25) is 4.68 Å². The minimum absolute atomic E-state index is 0.191. The highest BCUT2D eigenvalue weighted by molar-refractivity contribution is 7.89. The first-order valence-corrected chi connectivity index (χ1v) is 8.02. The summed E-state index contributed by atoms with van der Waals surface area (Å²) in [7, 11) is -1.87. The van der Waals surface area contributed by atoms with Crippen molar-refractivity contribution >= 4 is 10.0 Å². The number of aryl methyl sites for hydroxylation is 2. The van der Waals surface area contributed by atoms with Crippen molar-refractivity contribution in [2.45, 2.75) is 24.4 Å². The molecule has 0 bridgehead atoms. The van der Waals surface area contributed by atoms with Gasteiger partial charge in [0.25, 0.3) is 10.0 Å². The van der Waals surface area contributed by atoms with Crippen LogP contribution in [0.25, 0.3) is 0 Å². The molecule has 0 radical (unpaired) electrons. The molecule has 0 spiro atoms. The summed E-state index contributed by atoms with van der Waals surface area (Å²) in [5.41, 5.74) is 0. The lowest BCUT2D eigenvalue weighted by atomic mass is 10.00. The fourth-order valence-corrected chi connectivity index (χ4v) is 3.77. The molecule has 0 aliphatic carbocycles. The standard InChI is InChI=1S/C12H17N5O2S/c1-16-12(4-5-14-16)20(18,19)15-8-10-2-3-11-13-6-7-17(11)9-10/h4-7,10,15H,2-3,8-9H2,1H3/t10-/m1/s1. The molecule has 20 heavy (non-hydrogen) atoms. The van der Waals surface area contributed by atoms with Crippen LogP contribution >= 0.6 is 0 Å². The van der Waals surface area contributed by atoms with Crippen LogP contribution in [-0.4, -0.2) is 34.3 Å². The first-order chi connectivity index (χ1) is 9.56. The second-order valence-corrected chi connectivity index (χ2v) is 6.76. The van der Waals surface area contributed by atoms with Gasteiger partial charge in [-0.2, -0.15) is 5.10 Å². The Morgan fingerprint density at radius 2 is 2.30 bits per heavy atom. The number of hydrogen-bond acceptors (Lipinski definition) is 4. The quantitative estimate of drug-likeness (QED) is 0.871. The van der Waals surface area contributed by atoms with Crippen molar-refractivity contribution in [2.24, 2.45) is 13.0 Å². The number of rotatable bonds is 4. The summed E-state index contributed by atoms with van der Waals surface area (Å²) >= 11 is 0. The van der Waals surface area contributed by atoms with Crippen molar-refractivity contribution in [3.63, 3.8) is 0 Å². The Kier molecular flexibility index (Phi) is 3.35. The summed E-state index contributed by atoms with van der Waals surface area (Å²) in [6, 6.07) is 1.50. The van der Waals surface area contributed by atoms with E-state index < -0.39 is 10.0 Å². The minimum atomic E-state index is -3.49. The van der Waals surface area contributed by atoms with Crippen molar-refractivity contribution in [1.29, 1.82) is 0 Å². The summed E-state index contributed by atoms with van der Waals surface area (Å²) in [5.74, 6) is 1.37. The number of fused-ring (bicyclic) bond motifs is 1. The molecule has 2 aromatic heterocycles. The lowest BCUT2D eigenvalue weighted by molar-refractivity contribution is 0.363. The summed E-state index contributed by atoms with van der Waals surface area (Å²) in [6.07, 6.45) is 7.05. The second kappa shape index (κ2) is 5.02. The lowest BCUT2D eigenvalue weighted by Crippen LogP contribution is -2.34. The van der Waals surface area contributed by atoms with E-state index in [2.05, 4.69) is 19.4 Å². The first-order valence-electron chi connectivity index (χ1n) is 6.54. The summed E-state index contributed by atoms with van der Waals surface area (Å²) < 4.78 is 30.4. The van der Waals surface area contributed by atoms with Crippen LogP contribution in [0.3, 0.4) is 0 Å². The maximum atomic E-state index is 12.2. The molecule has 7 nitrogen and oxygen atoms in total. The topological polar surface area (TPSA) is 81.8 Å². The van der Waals surface area contributed by atoms with Gasteiger partial charge in [0.15, 0.2) is 5.03 Å². The van der Waals surface area contributed by atoms with Crippen LogP contribution in [0.4, 0.5) is 0 Å². The number of hydrogen-bond donors (Lipinski definition) is 1. The van der Waals surface area contributed by atoms with Gasteiger partial charge >= 0.3 is 0 Å². The molecule has 1 atom stereocenters. The molecule has 0 saturated carbocycles. The number of aromatic nitrogens is 4. The fourth-order valence-electron chi connectivity index (χ4n) is 2.53. The average molecular weight is 295 g/mol. The first kappa shape index (κ1) is 13.3. The fraction of sp³-hybridized carbons (Fsp3) is 0.500. The van der Waals surface area contributed by atoms with Crippen LogP contribution in [0.15, 0.2) is 29.7 Å². The molecular weight excluding hydrogens is 278 g/mol. The van der Waals surface area contributed by atoms with Gasteiger partial charge in [0.2, 0.25) is 0 Å². The van der Waals surface area contributed by atoms with Crippen molar-refractivity contribution in [3.05, 3.63) is 30.5 Å². The Morgan fingerprint density at radius 3 is 3.05 bits per heavy atom. The van der Waals surface area contributed by atoms with E-state index in [9.17, 15) is 8.42 Å². The highest BCUT2D eigenvalue weighted by atomic mass is 32.2. The van der Waals surface area contributed by atoms with Crippen LogP contribution < -0.4 is 4.72 Å². The number of nitrogens with zero attached hydrogens (tertiary/aromatic N) is 4. The van der Waals surface area contributed by atoms with Gasteiger partial charge in [-0.05, 0) is 18.4 Å². The minimum Gasteiger partial charge on any atom is -0.335 e. The van der Waals surface area contributed by atoms with Gasteiger partial charge in [-0.15, -0.1) is 0 Å². The largest absolute Gasteiger partial charge is 0.335 e. The van der Waals surface area contributed by atoms with E-state index in [1.165, 1.54) is 16.9 Å². The highest BCUT2D eigenvalue weighted by Gasteiger charge is 2.23. The molecule has 1 aliphatic heterocycles. The predicted molar refractivity (Wildman–Crippen MR) is 72.4 cm³/mol.